The van der Waals surface area contributed by atoms with Gasteiger partial charge < -0.3 is 15.2 Å². The molecule has 0 radical (unpaired) electrons. The van der Waals surface area contributed by atoms with E-state index in [9.17, 15) is 4.79 Å². The fourth-order valence-corrected chi connectivity index (χ4v) is 1.42. The molecule has 0 saturated heterocycles. The van der Waals surface area contributed by atoms with Gasteiger partial charge in [0.1, 0.15) is 10.7 Å². The lowest BCUT2D eigenvalue weighted by Crippen LogP contribution is -2.13. The van der Waals surface area contributed by atoms with Crippen LogP contribution in [0.25, 0.3) is 0 Å². The maximum Gasteiger partial charge on any atom is 0.341 e. The van der Waals surface area contributed by atoms with Crippen molar-refractivity contribution < 1.29 is 14.6 Å². The molecule has 0 aliphatic rings. The number of nitrogens with zero attached hydrogens (tertiary/aromatic N) is 1. The summed E-state index contributed by atoms with van der Waals surface area (Å²) in [5.41, 5.74) is 0.875. The Bertz CT molecular complexity index is 396. The van der Waals surface area contributed by atoms with Crippen LogP contribution in [0.3, 0.4) is 0 Å². The van der Waals surface area contributed by atoms with E-state index in [1.807, 2.05) is 0 Å². The van der Waals surface area contributed by atoms with Gasteiger partial charge in [0.2, 0.25) is 0 Å². The molecule has 6 heteroatoms. The summed E-state index contributed by atoms with van der Waals surface area (Å²) in [6.07, 6.45) is 1.53. The normalized spacial score (nSPS) is 12.0. The number of pyridine rings is 1. The number of ether oxygens (including phenoxy) is 1. The molecule has 0 saturated carbocycles. The van der Waals surface area contributed by atoms with Crippen molar-refractivity contribution in [1.82, 2.24) is 4.98 Å². The number of anilines is 1. The number of halogens is 1. The fourth-order valence-electron chi connectivity index (χ4n) is 1.26. The van der Waals surface area contributed by atoms with E-state index < -0.39 is 12.1 Å². The average Bonchev–Trinajstić information content (AvgIpc) is 2.28. The van der Waals surface area contributed by atoms with Crippen LogP contribution in [-0.2, 0) is 4.74 Å². The quantitative estimate of drug-likeness (QED) is 0.621. The minimum absolute atomic E-state index is 0.289. The van der Waals surface area contributed by atoms with Gasteiger partial charge in [0.05, 0.1) is 18.9 Å². The number of methoxy groups -OCH3 is 1. The highest BCUT2D eigenvalue weighted by Crippen LogP contribution is 2.19. The van der Waals surface area contributed by atoms with Crippen LogP contribution in [-0.4, -0.2) is 35.8 Å². The van der Waals surface area contributed by atoms with Gasteiger partial charge in [0.25, 0.3) is 0 Å². The van der Waals surface area contributed by atoms with E-state index in [1.54, 1.807) is 13.0 Å². The number of nitrogens with one attached hydrogen (secondary N) is 1. The standard InChI is InChI=1S/C11H15ClN2O3/c1-7(15)3-4-13-9-5-10(12)14-6-8(9)11(16)17-2/h5-7,15H,3-4H2,1-2H3,(H,13,14)/t7-/m1/s1. The van der Waals surface area contributed by atoms with Gasteiger partial charge in [-0.15, -0.1) is 0 Å². The Morgan fingerprint density at radius 3 is 3.00 bits per heavy atom. The minimum atomic E-state index is -0.478. The highest BCUT2D eigenvalue weighted by atomic mass is 35.5. The van der Waals surface area contributed by atoms with Gasteiger partial charge in [-0.1, -0.05) is 11.6 Å². The van der Waals surface area contributed by atoms with Gasteiger partial charge in [-0.3, -0.25) is 0 Å². The molecule has 0 unspecified atom stereocenters. The van der Waals surface area contributed by atoms with Crippen molar-refractivity contribution >= 4 is 23.3 Å². The zero-order chi connectivity index (χ0) is 12.8. The van der Waals surface area contributed by atoms with Crippen LogP contribution in [0.1, 0.15) is 23.7 Å². The van der Waals surface area contributed by atoms with Crippen molar-refractivity contribution in [1.29, 1.82) is 0 Å². The zero-order valence-corrected chi connectivity index (χ0v) is 10.5. The van der Waals surface area contributed by atoms with Crippen LogP contribution in [0, 0.1) is 0 Å². The summed E-state index contributed by atoms with van der Waals surface area (Å²) in [6, 6.07) is 1.55. The van der Waals surface area contributed by atoms with Crippen LogP contribution in [0.15, 0.2) is 12.3 Å². The summed E-state index contributed by atoms with van der Waals surface area (Å²) in [5, 5.41) is 12.4. The Hall–Kier alpha value is -1.33. The number of esters is 1. The van der Waals surface area contributed by atoms with Gasteiger partial charge in [0.15, 0.2) is 0 Å². The maximum atomic E-state index is 11.4. The first kappa shape index (κ1) is 13.7. The molecule has 1 rings (SSSR count). The molecular formula is C11H15ClN2O3. The third kappa shape index (κ3) is 4.20. The molecule has 0 aliphatic carbocycles. The molecule has 1 aromatic rings. The van der Waals surface area contributed by atoms with Crippen LogP contribution < -0.4 is 5.32 Å². The van der Waals surface area contributed by atoms with E-state index in [2.05, 4.69) is 15.0 Å². The molecule has 0 bridgehead atoms. The summed E-state index contributed by atoms with van der Waals surface area (Å²) in [7, 11) is 1.30. The van der Waals surface area contributed by atoms with E-state index >= 15 is 0 Å². The van der Waals surface area contributed by atoms with Crippen molar-refractivity contribution in [3.63, 3.8) is 0 Å². The summed E-state index contributed by atoms with van der Waals surface area (Å²) >= 11 is 5.75. The molecule has 0 aliphatic heterocycles. The number of aliphatic hydroxyl groups excluding tert-OH is 1. The molecule has 0 fully saturated rings. The first-order valence-corrected chi connectivity index (χ1v) is 5.58. The third-order valence-electron chi connectivity index (χ3n) is 2.15. The number of hydrogen-bond donors (Lipinski definition) is 2. The summed E-state index contributed by atoms with van der Waals surface area (Å²) in [5.74, 6) is -0.478. The van der Waals surface area contributed by atoms with Crippen molar-refractivity contribution in [3.05, 3.63) is 23.0 Å². The first-order valence-electron chi connectivity index (χ1n) is 5.20. The largest absolute Gasteiger partial charge is 0.465 e. The number of rotatable bonds is 5. The van der Waals surface area contributed by atoms with Crippen LogP contribution in [0.5, 0.6) is 0 Å². The van der Waals surface area contributed by atoms with Crippen molar-refractivity contribution in [2.75, 3.05) is 19.0 Å². The lowest BCUT2D eigenvalue weighted by molar-refractivity contribution is 0.0601. The SMILES string of the molecule is COC(=O)c1cnc(Cl)cc1NCC[C@@H](C)O. The molecule has 0 spiro atoms. The Labute approximate surface area is 105 Å². The van der Waals surface area contributed by atoms with Crippen LogP contribution in [0.2, 0.25) is 5.15 Å². The molecular weight excluding hydrogens is 244 g/mol. The Balaban J connectivity index is 2.80. The highest BCUT2D eigenvalue weighted by molar-refractivity contribution is 6.29. The summed E-state index contributed by atoms with van der Waals surface area (Å²) < 4.78 is 4.63. The van der Waals surface area contributed by atoms with E-state index in [4.69, 9.17) is 16.7 Å². The van der Waals surface area contributed by atoms with Crippen molar-refractivity contribution in [3.8, 4) is 0 Å². The second-order valence-corrected chi connectivity index (χ2v) is 4.00. The van der Waals surface area contributed by atoms with Crippen molar-refractivity contribution in [2.45, 2.75) is 19.4 Å². The molecule has 0 aromatic carbocycles. The topological polar surface area (TPSA) is 71.5 Å². The predicted octanol–water partition coefficient (Wildman–Crippen LogP) is 1.70. The second-order valence-electron chi connectivity index (χ2n) is 3.61. The summed E-state index contributed by atoms with van der Waals surface area (Å²) in [6.45, 7) is 2.23. The van der Waals surface area contributed by atoms with E-state index in [-0.39, 0.29) is 5.15 Å². The van der Waals surface area contributed by atoms with Gasteiger partial charge in [-0.2, -0.15) is 0 Å². The minimum Gasteiger partial charge on any atom is -0.465 e. The first-order chi connectivity index (χ1) is 8.04. The third-order valence-corrected chi connectivity index (χ3v) is 2.36. The van der Waals surface area contributed by atoms with Crippen LogP contribution >= 0.6 is 11.6 Å². The zero-order valence-electron chi connectivity index (χ0n) is 9.74. The Kier molecular flexibility index (Phi) is 5.18. The summed E-state index contributed by atoms with van der Waals surface area (Å²) in [4.78, 5) is 15.3. The van der Waals surface area contributed by atoms with Gasteiger partial charge in [0, 0.05) is 12.7 Å². The molecule has 1 aromatic heterocycles. The average molecular weight is 259 g/mol. The number of aromatic nitrogens is 1. The second kappa shape index (κ2) is 6.42. The Morgan fingerprint density at radius 2 is 2.41 bits per heavy atom. The van der Waals surface area contributed by atoms with E-state index in [0.717, 1.165) is 0 Å². The van der Waals surface area contributed by atoms with Gasteiger partial charge >= 0.3 is 5.97 Å². The van der Waals surface area contributed by atoms with Gasteiger partial charge in [-0.05, 0) is 19.4 Å². The highest BCUT2D eigenvalue weighted by Gasteiger charge is 2.12. The molecule has 17 heavy (non-hydrogen) atoms. The Morgan fingerprint density at radius 1 is 1.71 bits per heavy atom. The monoisotopic (exact) mass is 258 g/mol. The van der Waals surface area contributed by atoms with Crippen molar-refractivity contribution in [2.24, 2.45) is 0 Å². The lowest BCUT2D eigenvalue weighted by atomic mass is 10.2. The molecule has 5 nitrogen and oxygen atoms in total. The maximum absolute atomic E-state index is 11.4. The molecule has 1 heterocycles. The molecule has 94 valence electrons. The number of carbonyl (C=O) groups is 1. The smallest absolute Gasteiger partial charge is 0.341 e. The number of aliphatic hydroxyl groups is 1. The number of carbonyl (C=O) groups excluding carboxylic acids is 1. The van der Waals surface area contributed by atoms with Gasteiger partial charge in [-0.25, -0.2) is 9.78 Å². The lowest BCUT2D eigenvalue weighted by Gasteiger charge is -2.11. The predicted molar refractivity (Wildman–Crippen MR) is 65.4 cm³/mol. The molecule has 0 amide bonds. The molecule has 1 atom stereocenters. The van der Waals surface area contributed by atoms with E-state index in [1.165, 1.54) is 13.3 Å². The fraction of sp³-hybridized carbons (Fsp3) is 0.455. The number of hydrogen-bond acceptors (Lipinski definition) is 5. The van der Waals surface area contributed by atoms with Crippen LogP contribution in [0.4, 0.5) is 5.69 Å². The van der Waals surface area contributed by atoms with E-state index in [0.29, 0.717) is 24.2 Å². The molecule has 2 N–H and O–H groups in total.